The van der Waals surface area contributed by atoms with Crippen LogP contribution in [0.5, 0.6) is 0 Å². The van der Waals surface area contributed by atoms with E-state index >= 15 is 0 Å². The number of hydrogen-bond donors (Lipinski definition) is 1. The average Bonchev–Trinajstić information content (AvgIpc) is 3.02. The number of fused-ring (bicyclic) bond motifs is 1. The number of carbonyl (C=O) groups excluding carboxylic acids is 1. The second-order valence-corrected chi connectivity index (χ2v) is 6.81. The second-order valence-electron chi connectivity index (χ2n) is 6.81. The standard InChI is InChI=1S/C19H23F2N3O/c1-13(2)11-22-12-18(25)24-9-8-23-7-3-4-17(23)19(24)15-6-5-14(20)10-16(15)21/h3-7,10,13,19,22H,8-9,11-12H2,1-2H3. The van der Waals surface area contributed by atoms with E-state index in [1.165, 1.54) is 12.1 Å². The SMILES string of the molecule is CC(C)CNCC(=O)N1CCn2cccc2C1c1ccc(F)cc1F. The Labute approximate surface area is 146 Å². The molecular weight excluding hydrogens is 324 g/mol. The number of amides is 1. The van der Waals surface area contributed by atoms with E-state index in [0.29, 0.717) is 24.6 Å². The lowest BCUT2D eigenvalue weighted by molar-refractivity contribution is -0.133. The van der Waals surface area contributed by atoms with Crippen LogP contribution < -0.4 is 5.32 Å². The highest BCUT2D eigenvalue weighted by molar-refractivity contribution is 5.79. The van der Waals surface area contributed by atoms with E-state index in [1.54, 1.807) is 4.90 Å². The topological polar surface area (TPSA) is 37.3 Å². The summed E-state index contributed by atoms with van der Waals surface area (Å²) in [4.78, 5) is 14.4. The molecule has 1 aliphatic heterocycles. The zero-order valence-electron chi connectivity index (χ0n) is 14.5. The lowest BCUT2D eigenvalue weighted by atomic mass is 9.99. The molecule has 1 aliphatic rings. The van der Waals surface area contributed by atoms with Crippen molar-refractivity contribution >= 4 is 5.91 Å². The summed E-state index contributed by atoms with van der Waals surface area (Å²) in [6.45, 7) is 6.25. The summed E-state index contributed by atoms with van der Waals surface area (Å²) in [5.41, 5.74) is 1.16. The highest BCUT2D eigenvalue weighted by Gasteiger charge is 2.33. The van der Waals surface area contributed by atoms with E-state index in [0.717, 1.165) is 18.3 Å². The summed E-state index contributed by atoms with van der Waals surface area (Å²) in [6, 6.07) is 6.76. The van der Waals surface area contributed by atoms with Crippen LogP contribution >= 0.6 is 0 Å². The number of carbonyl (C=O) groups is 1. The van der Waals surface area contributed by atoms with E-state index < -0.39 is 17.7 Å². The van der Waals surface area contributed by atoms with Crippen LogP contribution in [-0.4, -0.2) is 35.0 Å². The van der Waals surface area contributed by atoms with Crippen LogP contribution in [0.1, 0.15) is 31.1 Å². The molecule has 2 aromatic rings. The van der Waals surface area contributed by atoms with Gasteiger partial charge in [0.15, 0.2) is 0 Å². The normalized spacial score (nSPS) is 17.0. The van der Waals surface area contributed by atoms with Crippen molar-refractivity contribution in [1.82, 2.24) is 14.8 Å². The molecule has 3 rings (SSSR count). The number of aromatic nitrogens is 1. The van der Waals surface area contributed by atoms with Crippen molar-refractivity contribution in [2.45, 2.75) is 26.4 Å². The number of benzene rings is 1. The predicted molar refractivity (Wildman–Crippen MR) is 92.1 cm³/mol. The van der Waals surface area contributed by atoms with Crippen molar-refractivity contribution in [3.63, 3.8) is 0 Å². The number of halogens is 2. The highest BCUT2D eigenvalue weighted by atomic mass is 19.1. The molecule has 1 amide bonds. The Morgan fingerprint density at radius 3 is 2.80 bits per heavy atom. The van der Waals surface area contributed by atoms with Crippen molar-refractivity contribution in [3.8, 4) is 0 Å². The molecule has 1 N–H and O–H groups in total. The molecule has 2 heterocycles. The molecule has 25 heavy (non-hydrogen) atoms. The van der Waals surface area contributed by atoms with E-state index in [2.05, 4.69) is 19.2 Å². The summed E-state index contributed by atoms with van der Waals surface area (Å²) in [5, 5.41) is 3.14. The molecule has 0 fully saturated rings. The molecule has 1 aromatic carbocycles. The molecule has 1 aromatic heterocycles. The molecular formula is C19H23F2N3O. The Hall–Kier alpha value is -2.21. The van der Waals surface area contributed by atoms with Crippen molar-refractivity contribution in [2.24, 2.45) is 5.92 Å². The molecule has 0 bridgehead atoms. The molecule has 0 spiro atoms. The van der Waals surface area contributed by atoms with Crippen LogP contribution in [0.4, 0.5) is 8.78 Å². The minimum absolute atomic E-state index is 0.0816. The zero-order chi connectivity index (χ0) is 18.0. The first kappa shape index (κ1) is 17.6. The van der Waals surface area contributed by atoms with Crippen molar-refractivity contribution in [3.05, 3.63) is 59.4 Å². The van der Waals surface area contributed by atoms with E-state index in [1.807, 2.05) is 22.9 Å². The molecule has 6 heteroatoms. The maximum absolute atomic E-state index is 14.4. The van der Waals surface area contributed by atoms with Gasteiger partial charge in [0.1, 0.15) is 17.7 Å². The summed E-state index contributed by atoms with van der Waals surface area (Å²) in [5.74, 6) is -0.893. The van der Waals surface area contributed by atoms with E-state index in [9.17, 15) is 13.6 Å². The third kappa shape index (κ3) is 3.74. The van der Waals surface area contributed by atoms with Crippen LogP contribution in [0.3, 0.4) is 0 Å². The highest BCUT2D eigenvalue weighted by Crippen LogP contribution is 2.34. The molecule has 134 valence electrons. The quantitative estimate of drug-likeness (QED) is 0.903. The summed E-state index contributed by atoms with van der Waals surface area (Å²) in [6.07, 6.45) is 1.92. The molecule has 4 nitrogen and oxygen atoms in total. The van der Waals surface area contributed by atoms with Gasteiger partial charge in [-0.1, -0.05) is 19.9 Å². The smallest absolute Gasteiger partial charge is 0.237 e. The third-order valence-electron chi connectivity index (χ3n) is 4.44. The van der Waals surface area contributed by atoms with Crippen LogP contribution in [0.15, 0.2) is 36.5 Å². The average molecular weight is 347 g/mol. The Balaban J connectivity index is 1.90. The van der Waals surface area contributed by atoms with Gasteiger partial charge in [-0.15, -0.1) is 0 Å². The van der Waals surface area contributed by atoms with Crippen molar-refractivity contribution in [1.29, 1.82) is 0 Å². The van der Waals surface area contributed by atoms with Gasteiger partial charge >= 0.3 is 0 Å². The maximum atomic E-state index is 14.4. The fraction of sp³-hybridized carbons (Fsp3) is 0.421. The minimum Gasteiger partial charge on any atom is -0.348 e. The molecule has 0 radical (unpaired) electrons. The summed E-state index contributed by atoms with van der Waals surface area (Å²) in [7, 11) is 0. The minimum atomic E-state index is -0.632. The Kier molecular flexibility index (Phi) is 5.18. The van der Waals surface area contributed by atoms with Crippen molar-refractivity contribution < 1.29 is 13.6 Å². The number of nitrogens with zero attached hydrogens (tertiary/aromatic N) is 2. The van der Waals surface area contributed by atoms with Crippen LogP contribution in [0.2, 0.25) is 0 Å². The predicted octanol–water partition coefficient (Wildman–Crippen LogP) is 2.94. The van der Waals surface area contributed by atoms with Crippen molar-refractivity contribution in [2.75, 3.05) is 19.6 Å². The van der Waals surface area contributed by atoms with Gasteiger partial charge < -0.3 is 14.8 Å². The van der Waals surface area contributed by atoms with Gasteiger partial charge in [-0.3, -0.25) is 4.79 Å². The first-order chi connectivity index (χ1) is 12.0. The van der Waals surface area contributed by atoms with Gasteiger partial charge in [0.2, 0.25) is 5.91 Å². The summed E-state index contributed by atoms with van der Waals surface area (Å²) < 4.78 is 29.8. The fourth-order valence-corrected chi connectivity index (χ4v) is 3.27. The van der Waals surface area contributed by atoms with Crippen LogP contribution in [0.25, 0.3) is 0 Å². The largest absolute Gasteiger partial charge is 0.348 e. The Morgan fingerprint density at radius 2 is 2.08 bits per heavy atom. The van der Waals surface area contributed by atoms with Crippen LogP contribution in [0, 0.1) is 17.6 Å². The fourth-order valence-electron chi connectivity index (χ4n) is 3.27. The molecule has 0 saturated heterocycles. The number of nitrogens with one attached hydrogen (secondary N) is 1. The Morgan fingerprint density at radius 1 is 1.28 bits per heavy atom. The van der Waals surface area contributed by atoms with Gasteiger partial charge in [0.25, 0.3) is 0 Å². The molecule has 0 aliphatic carbocycles. The van der Waals surface area contributed by atoms with E-state index in [-0.39, 0.29) is 12.5 Å². The second kappa shape index (κ2) is 7.35. The first-order valence-corrected chi connectivity index (χ1v) is 8.57. The molecule has 1 atom stereocenters. The monoisotopic (exact) mass is 347 g/mol. The Bertz CT molecular complexity index is 757. The lowest BCUT2D eigenvalue weighted by Crippen LogP contribution is -2.46. The molecule has 0 saturated carbocycles. The number of hydrogen-bond acceptors (Lipinski definition) is 2. The maximum Gasteiger partial charge on any atom is 0.237 e. The lowest BCUT2D eigenvalue weighted by Gasteiger charge is -2.37. The van der Waals surface area contributed by atoms with Gasteiger partial charge in [-0.05, 0) is 30.7 Å². The molecule has 1 unspecified atom stereocenters. The van der Waals surface area contributed by atoms with Gasteiger partial charge in [0, 0.05) is 36.6 Å². The van der Waals surface area contributed by atoms with Gasteiger partial charge in [0.05, 0.1) is 6.54 Å². The first-order valence-electron chi connectivity index (χ1n) is 8.57. The summed E-state index contributed by atoms with van der Waals surface area (Å²) >= 11 is 0. The zero-order valence-corrected chi connectivity index (χ0v) is 14.5. The van der Waals surface area contributed by atoms with Gasteiger partial charge in [-0.2, -0.15) is 0 Å². The van der Waals surface area contributed by atoms with Crippen LogP contribution in [-0.2, 0) is 11.3 Å². The number of rotatable bonds is 5. The van der Waals surface area contributed by atoms with Gasteiger partial charge in [-0.25, -0.2) is 8.78 Å². The third-order valence-corrected chi connectivity index (χ3v) is 4.44. The van der Waals surface area contributed by atoms with E-state index in [4.69, 9.17) is 0 Å².